The molecule has 0 fully saturated rings. The summed E-state index contributed by atoms with van der Waals surface area (Å²) in [6, 6.07) is 2.88. The number of carbonyl (C=O) groups excluding carboxylic acids is 1. The largest absolute Gasteiger partial charge is 0.477 e. The number of aliphatic carboxylic acids is 1. The van der Waals surface area contributed by atoms with Crippen LogP contribution in [0.1, 0.15) is 5.56 Å². The van der Waals surface area contributed by atoms with Gasteiger partial charge >= 0.3 is 11.9 Å². The molecule has 1 heterocycles. The smallest absolute Gasteiger partial charge is 0.346 e. The second-order valence-corrected chi connectivity index (χ2v) is 3.36. The molecule has 17 heavy (non-hydrogen) atoms. The Balaban J connectivity index is 2.55. The third kappa shape index (κ3) is 1.89. The lowest BCUT2D eigenvalue weighted by Crippen LogP contribution is -2.09. The van der Waals surface area contributed by atoms with Crippen molar-refractivity contribution in [1.82, 2.24) is 0 Å². The lowest BCUT2D eigenvalue weighted by atomic mass is 10.0. The van der Waals surface area contributed by atoms with Gasteiger partial charge in [-0.05, 0) is 17.7 Å². The van der Waals surface area contributed by atoms with Crippen molar-refractivity contribution in [2.75, 3.05) is 6.61 Å². The standard InChI is InChI=1S/C11H6F2O4/c12-7-2-1-5(3-8(7)13)6-4-17-11(16)9(6)10(14)15/h1-3H,4H2,(H,14,15). The van der Waals surface area contributed by atoms with Gasteiger partial charge in [0.05, 0.1) is 0 Å². The number of cyclic esters (lactones) is 1. The second-order valence-electron chi connectivity index (χ2n) is 3.36. The molecule has 0 saturated carbocycles. The van der Waals surface area contributed by atoms with Crippen molar-refractivity contribution in [1.29, 1.82) is 0 Å². The summed E-state index contributed by atoms with van der Waals surface area (Å²) >= 11 is 0. The fourth-order valence-corrected chi connectivity index (χ4v) is 1.53. The van der Waals surface area contributed by atoms with Gasteiger partial charge in [-0.2, -0.15) is 0 Å². The number of hydrogen-bond donors (Lipinski definition) is 1. The predicted octanol–water partition coefficient (Wildman–Crippen LogP) is 1.36. The third-order valence-electron chi connectivity index (χ3n) is 2.34. The van der Waals surface area contributed by atoms with Crippen molar-refractivity contribution >= 4 is 17.5 Å². The molecule has 0 unspecified atom stereocenters. The average Bonchev–Trinajstić information content (AvgIpc) is 2.64. The number of halogens is 2. The van der Waals surface area contributed by atoms with Gasteiger partial charge in [0.2, 0.25) is 0 Å². The molecule has 1 aromatic carbocycles. The minimum Gasteiger partial charge on any atom is -0.477 e. The number of benzene rings is 1. The topological polar surface area (TPSA) is 63.6 Å². The molecule has 88 valence electrons. The third-order valence-corrected chi connectivity index (χ3v) is 2.34. The molecule has 0 bridgehead atoms. The number of hydrogen-bond acceptors (Lipinski definition) is 3. The van der Waals surface area contributed by atoms with Crippen molar-refractivity contribution in [3.05, 3.63) is 41.0 Å². The number of carboxylic acids is 1. The fourth-order valence-electron chi connectivity index (χ4n) is 1.53. The monoisotopic (exact) mass is 240 g/mol. The first-order chi connectivity index (χ1) is 8.00. The van der Waals surface area contributed by atoms with E-state index >= 15 is 0 Å². The van der Waals surface area contributed by atoms with Gasteiger partial charge in [0.25, 0.3) is 0 Å². The zero-order valence-electron chi connectivity index (χ0n) is 8.37. The van der Waals surface area contributed by atoms with E-state index in [9.17, 15) is 18.4 Å². The maximum Gasteiger partial charge on any atom is 0.346 e. The maximum atomic E-state index is 13.0. The summed E-state index contributed by atoms with van der Waals surface area (Å²) in [6.07, 6.45) is 0. The Labute approximate surface area is 94.1 Å². The van der Waals surface area contributed by atoms with Crippen LogP contribution in [0, 0.1) is 11.6 Å². The van der Waals surface area contributed by atoms with E-state index in [0.29, 0.717) is 0 Å². The van der Waals surface area contributed by atoms with E-state index in [4.69, 9.17) is 5.11 Å². The van der Waals surface area contributed by atoms with Gasteiger partial charge in [-0.25, -0.2) is 18.4 Å². The molecule has 1 N–H and O–H groups in total. The summed E-state index contributed by atoms with van der Waals surface area (Å²) in [4.78, 5) is 21.9. The molecule has 0 amide bonds. The Morgan fingerprint density at radius 2 is 2.00 bits per heavy atom. The van der Waals surface area contributed by atoms with E-state index < -0.39 is 29.1 Å². The van der Waals surface area contributed by atoms with Gasteiger partial charge in [-0.15, -0.1) is 0 Å². The molecule has 4 nitrogen and oxygen atoms in total. The summed E-state index contributed by atoms with van der Waals surface area (Å²) in [5.74, 6) is -4.58. The van der Waals surface area contributed by atoms with Gasteiger partial charge in [0.1, 0.15) is 6.61 Å². The number of carbonyl (C=O) groups is 2. The summed E-state index contributed by atoms with van der Waals surface area (Å²) in [5, 5.41) is 8.81. The van der Waals surface area contributed by atoms with Crippen molar-refractivity contribution in [3.8, 4) is 0 Å². The number of esters is 1. The van der Waals surface area contributed by atoms with Gasteiger partial charge in [0.15, 0.2) is 17.2 Å². The Bertz CT molecular complexity index is 548. The minimum atomic E-state index is -1.45. The number of carboxylic acid groups (broad SMARTS) is 1. The normalized spacial score (nSPS) is 15.1. The number of ether oxygens (including phenoxy) is 1. The molecule has 1 aliphatic heterocycles. The van der Waals surface area contributed by atoms with Crippen LogP contribution in [0.25, 0.3) is 5.57 Å². The van der Waals surface area contributed by atoms with E-state index in [2.05, 4.69) is 4.74 Å². The van der Waals surface area contributed by atoms with Crippen molar-refractivity contribution in [2.45, 2.75) is 0 Å². The molecule has 0 radical (unpaired) electrons. The van der Waals surface area contributed by atoms with E-state index in [-0.39, 0.29) is 17.7 Å². The molecule has 0 saturated heterocycles. The van der Waals surface area contributed by atoms with Crippen LogP contribution in [0.15, 0.2) is 23.8 Å². The quantitative estimate of drug-likeness (QED) is 0.626. The molecule has 0 aliphatic carbocycles. The van der Waals surface area contributed by atoms with Crippen LogP contribution in [-0.2, 0) is 14.3 Å². The van der Waals surface area contributed by atoms with E-state index in [1.54, 1.807) is 0 Å². The highest BCUT2D eigenvalue weighted by molar-refractivity contribution is 6.21. The van der Waals surface area contributed by atoms with E-state index in [1.807, 2.05) is 0 Å². The highest BCUT2D eigenvalue weighted by Crippen LogP contribution is 2.27. The lowest BCUT2D eigenvalue weighted by molar-refractivity contribution is -0.141. The van der Waals surface area contributed by atoms with Crippen molar-refractivity contribution < 1.29 is 28.2 Å². The maximum absolute atomic E-state index is 13.0. The SMILES string of the molecule is O=C(O)C1=C(c2ccc(F)c(F)c2)COC1=O. The first-order valence-electron chi connectivity index (χ1n) is 4.59. The lowest BCUT2D eigenvalue weighted by Gasteiger charge is -2.02. The van der Waals surface area contributed by atoms with Crippen molar-refractivity contribution in [2.24, 2.45) is 0 Å². The molecule has 0 spiro atoms. The molecular formula is C11H6F2O4. The van der Waals surface area contributed by atoms with Crippen molar-refractivity contribution in [3.63, 3.8) is 0 Å². The fraction of sp³-hybridized carbons (Fsp3) is 0.0909. The molecule has 1 aromatic rings. The average molecular weight is 240 g/mol. The molecule has 1 aliphatic rings. The van der Waals surface area contributed by atoms with Gasteiger partial charge in [0, 0.05) is 5.57 Å². The first-order valence-corrected chi connectivity index (χ1v) is 4.59. The van der Waals surface area contributed by atoms with E-state index in [1.165, 1.54) is 6.07 Å². The Morgan fingerprint density at radius 1 is 1.29 bits per heavy atom. The highest BCUT2D eigenvalue weighted by atomic mass is 19.2. The van der Waals surface area contributed by atoms with Crippen LogP contribution in [-0.4, -0.2) is 23.7 Å². The summed E-state index contributed by atoms with van der Waals surface area (Å²) in [5.41, 5.74) is -0.385. The minimum absolute atomic E-state index is 0.0430. The molecule has 0 atom stereocenters. The Kier molecular flexibility index (Phi) is 2.63. The molecular weight excluding hydrogens is 234 g/mol. The summed E-state index contributed by atoms with van der Waals surface area (Å²) in [6.45, 7) is -0.258. The van der Waals surface area contributed by atoms with Crippen LogP contribution in [0.2, 0.25) is 0 Å². The molecule has 2 rings (SSSR count). The summed E-state index contributed by atoms with van der Waals surface area (Å²) < 4.78 is 30.3. The predicted molar refractivity (Wildman–Crippen MR) is 51.9 cm³/mol. The second kappa shape index (κ2) is 3.97. The number of rotatable bonds is 2. The van der Waals surface area contributed by atoms with Crippen LogP contribution in [0.4, 0.5) is 8.78 Å². The van der Waals surface area contributed by atoms with Gasteiger partial charge in [-0.3, -0.25) is 0 Å². The highest BCUT2D eigenvalue weighted by Gasteiger charge is 2.31. The van der Waals surface area contributed by atoms with Crippen LogP contribution in [0.5, 0.6) is 0 Å². The Morgan fingerprint density at radius 3 is 2.59 bits per heavy atom. The summed E-state index contributed by atoms with van der Waals surface area (Å²) in [7, 11) is 0. The van der Waals surface area contributed by atoms with E-state index in [0.717, 1.165) is 12.1 Å². The zero-order chi connectivity index (χ0) is 12.6. The van der Waals surface area contributed by atoms with Gasteiger partial charge in [-0.1, -0.05) is 6.07 Å². The first kappa shape index (κ1) is 11.3. The molecule has 0 aromatic heterocycles. The van der Waals surface area contributed by atoms with Crippen LogP contribution < -0.4 is 0 Å². The zero-order valence-corrected chi connectivity index (χ0v) is 8.37. The van der Waals surface area contributed by atoms with Gasteiger partial charge < -0.3 is 9.84 Å². The Hall–Kier alpha value is -2.24. The van der Waals surface area contributed by atoms with Crippen LogP contribution in [0.3, 0.4) is 0 Å². The van der Waals surface area contributed by atoms with Crippen LogP contribution >= 0.6 is 0 Å². The molecule has 6 heteroatoms.